The summed E-state index contributed by atoms with van der Waals surface area (Å²) in [6.07, 6.45) is 1.97. The molecule has 0 saturated carbocycles. The molecule has 6 nitrogen and oxygen atoms in total. The SMILES string of the molecule is CC(=O)N1CCC(NCCNC(=O)N(C)C)CC1. The van der Waals surface area contributed by atoms with Crippen LogP contribution in [0.25, 0.3) is 0 Å². The summed E-state index contributed by atoms with van der Waals surface area (Å²) in [5.41, 5.74) is 0. The lowest BCUT2D eigenvalue weighted by Gasteiger charge is -2.31. The molecule has 0 unspecified atom stereocenters. The Labute approximate surface area is 109 Å². The zero-order valence-corrected chi connectivity index (χ0v) is 11.5. The first-order chi connectivity index (χ1) is 8.50. The van der Waals surface area contributed by atoms with E-state index in [1.807, 2.05) is 4.90 Å². The van der Waals surface area contributed by atoms with Crippen molar-refractivity contribution >= 4 is 11.9 Å². The molecular weight excluding hydrogens is 232 g/mol. The summed E-state index contributed by atoms with van der Waals surface area (Å²) in [4.78, 5) is 25.8. The van der Waals surface area contributed by atoms with E-state index in [2.05, 4.69) is 10.6 Å². The smallest absolute Gasteiger partial charge is 0.316 e. The van der Waals surface area contributed by atoms with Gasteiger partial charge >= 0.3 is 6.03 Å². The van der Waals surface area contributed by atoms with Gasteiger partial charge in [0.05, 0.1) is 0 Å². The van der Waals surface area contributed by atoms with Crippen LogP contribution in [0.4, 0.5) is 4.79 Å². The molecule has 1 aliphatic rings. The van der Waals surface area contributed by atoms with Gasteiger partial charge < -0.3 is 20.4 Å². The number of nitrogens with one attached hydrogen (secondary N) is 2. The molecule has 1 aliphatic heterocycles. The van der Waals surface area contributed by atoms with Gasteiger partial charge in [-0.25, -0.2) is 4.79 Å². The molecular formula is C12H24N4O2. The number of nitrogens with zero attached hydrogens (tertiary/aromatic N) is 2. The van der Waals surface area contributed by atoms with E-state index in [1.165, 1.54) is 4.90 Å². The van der Waals surface area contributed by atoms with Crippen LogP contribution in [-0.4, -0.2) is 68.1 Å². The molecule has 0 radical (unpaired) electrons. The molecule has 0 bridgehead atoms. The molecule has 0 aromatic rings. The van der Waals surface area contributed by atoms with Crippen LogP contribution < -0.4 is 10.6 Å². The molecule has 0 aliphatic carbocycles. The van der Waals surface area contributed by atoms with Crippen LogP contribution in [0.15, 0.2) is 0 Å². The molecule has 1 heterocycles. The lowest BCUT2D eigenvalue weighted by Crippen LogP contribution is -2.46. The maximum absolute atomic E-state index is 11.3. The number of carbonyl (C=O) groups is 2. The first-order valence-corrected chi connectivity index (χ1v) is 6.44. The highest BCUT2D eigenvalue weighted by Crippen LogP contribution is 2.09. The molecule has 0 atom stereocenters. The van der Waals surface area contributed by atoms with E-state index >= 15 is 0 Å². The molecule has 3 amide bonds. The third-order valence-electron chi connectivity index (χ3n) is 3.18. The normalized spacial score (nSPS) is 16.5. The van der Waals surface area contributed by atoms with Gasteiger partial charge in [-0.05, 0) is 12.8 Å². The number of hydrogen-bond donors (Lipinski definition) is 2. The fourth-order valence-corrected chi connectivity index (χ4v) is 2.00. The first kappa shape index (κ1) is 14.8. The van der Waals surface area contributed by atoms with Crippen molar-refractivity contribution < 1.29 is 9.59 Å². The summed E-state index contributed by atoms with van der Waals surface area (Å²) >= 11 is 0. The minimum absolute atomic E-state index is 0.0665. The highest BCUT2D eigenvalue weighted by atomic mass is 16.2. The minimum Gasteiger partial charge on any atom is -0.343 e. The predicted octanol–water partition coefficient (Wildman–Crippen LogP) is -0.142. The Balaban J connectivity index is 2.08. The largest absolute Gasteiger partial charge is 0.343 e. The molecule has 0 spiro atoms. The van der Waals surface area contributed by atoms with E-state index in [4.69, 9.17) is 0 Å². The Kier molecular flexibility index (Phi) is 5.91. The third kappa shape index (κ3) is 4.91. The average Bonchev–Trinajstić information content (AvgIpc) is 2.34. The van der Waals surface area contributed by atoms with Crippen molar-refractivity contribution in [1.82, 2.24) is 20.4 Å². The molecule has 18 heavy (non-hydrogen) atoms. The van der Waals surface area contributed by atoms with Gasteiger partial charge in [0.1, 0.15) is 0 Å². The van der Waals surface area contributed by atoms with Crippen molar-refractivity contribution in [3.63, 3.8) is 0 Å². The van der Waals surface area contributed by atoms with Crippen LogP contribution in [-0.2, 0) is 4.79 Å². The zero-order valence-electron chi connectivity index (χ0n) is 11.5. The number of carbonyl (C=O) groups excluding carboxylic acids is 2. The van der Waals surface area contributed by atoms with Crippen molar-refractivity contribution in [3.8, 4) is 0 Å². The predicted molar refractivity (Wildman–Crippen MR) is 70.4 cm³/mol. The van der Waals surface area contributed by atoms with Crippen molar-refractivity contribution in [2.24, 2.45) is 0 Å². The van der Waals surface area contributed by atoms with Gasteiger partial charge in [0, 0.05) is 53.2 Å². The van der Waals surface area contributed by atoms with Crippen LogP contribution >= 0.6 is 0 Å². The van der Waals surface area contributed by atoms with Crippen molar-refractivity contribution in [2.75, 3.05) is 40.3 Å². The Hall–Kier alpha value is -1.30. The highest BCUT2D eigenvalue weighted by molar-refractivity contribution is 5.73. The van der Waals surface area contributed by atoms with Crippen LogP contribution in [0.2, 0.25) is 0 Å². The number of urea groups is 1. The van der Waals surface area contributed by atoms with Gasteiger partial charge in [0.25, 0.3) is 0 Å². The molecule has 1 saturated heterocycles. The Bertz CT molecular complexity index is 286. The van der Waals surface area contributed by atoms with Crippen molar-refractivity contribution in [2.45, 2.75) is 25.8 Å². The minimum atomic E-state index is -0.0665. The van der Waals surface area contributed by atoms with Crippen molar-refractivity contribution in [1.29, 1.82) is 0 Å². The summed E-state index contributed by atoms with van der Waals surface area (Å²) in [6.45, 7) is 4.67. The van der Waals surface area contributed by atoms with Gasteiger partial charge in [-0.3, -0.25) is 4.79 Å². The van der Waals surface area contributed by atoms with Crippen LogP contribution in [0.3, 0.4) is 0 Å². The lowest BCUT2D eigenvalue weighted by molar-refractivity contribution is -0.129. The summed E-state index contributed by atoms with van der Waals surface area (Å²) in [7, 11) is 3.44. The first-order valence-electron chi connectivity index (χ1n) is 6.44. The molecule has 1 fully saturated rings. The Morgan fingerprint density at radius 3 is 2.33 bits per heavy atom. The van der Waals surface area contributed by atoms with Crippen LogP contribution in [0, 0.1) is 0 Å². The average molecular weight is 256 g/mol. The molecule has 0 aromatic carbocycles. The lowest BCUT2D eigenvalue weighted by atomic mass is 10.1. The van der Waals surface area contributed by atoms with Gasteiger partial charge in [-0.15, -0.1) is 0 Å². The van der Waals surface area contributed by atoms with E-state index in [0.717, 1.165) is 32.5 Å². The van der Waals surface area contributed by atoms with Gasteiger partial charge in [0.2, 0.25) is 5.91 Å². The molecule has 6 heteroatoms. The number of likely N-dealkylation sites (tertiary alicyclic amines) is 1. The van der Waals surface area contributed by atoms with E-state index in [-0.39, 0.29) is 11.9 Å². The molecule has 1 rings (SSSR count). The third-order valence-corrected chi connectivity index (χ3v) is 3.18. The topological polar surface area (TPSA) is 64.7 Å². The fraction of sp³-hybridized carbons (Fsp3) is 0.833. The van der Waals surface area contributed by atoms with Crippen molar-refractivity contribution in [3.05, 3.63) is 0 Å². The van der Waals surface area contributed by atoms with E-state index in [0.29, 0.717) is 12.6 Å². The van der Waals surface area contributed by atoms with Gasteiger partial charge in [0.15, 0.2) is 0 Å². The van der Waals surface area contributed by atoms with Crippen LogP contribution in [0.1, 0.15) is 19.8 Å². The Morgan fingerprint density at radius 1 is 1.22 bits per heavy atom. The highest BCUT2D eigenvalue weighted by Gasteiger charge is 2.19. The summed E-state index contributed by atoms with van der Waals surface area (Å²) in [6, 6.07) is 0.389. The second kappa shape index (κ2) is 7.20. The number of hydrogen-bond acceptors (Lipinski definition) is 3. The summed E-state index contributed by atoms with van der Waals surface area (Å²) in [5, 5.41) is 6.21. The van der Waals surface area contributed by atoms with E-state index < -0.39 is 0 Å². The second-order valence-electron chi connectivity index (χ2n) is 4.86. The maximum atomic E-state index is 11.3. The van der Waals surface area contributed by atoms with Gasteiger partial charge in [-0.1, -0.05) is 0 Å². The fourth-order valence-electron chi connectivity index (χ4n) is 2.00. The number of amides is 3. The molecule has 2 N–H and O–H groups in total. The summed E-state index contributed by atoms with van der Waals surface area (Å²) in [5.74, 6) is 0.159. The van der Waals surface area contributed by atoms with E-state index in [9.17, 15) is 9.59 Å². The maximum Gasteiger partial charge on any atom is 0.316 e. The Morgan fingerprint density at radius 2 is 1.83 bits per heavy atom. The number of rotatable bonds is 4. The number of piperidine rings is 1. The summed E-state index contributed by atoms with van der Waals surface area (Å²) < 4.78 is 0. The molecule has 0 aromatic heterocycles. The van der Waals surface area contributed by atoms with E-state index in [1.54, 1.807) is 21.0 Å². The second-order valence-corrected chi connectivity index (χ2v) is 4.86. The monoisotopic (exact) mass is 256 g/mol. The standard InChI is InChI=1S/C12H24N4O2/c1-10(17)16-8-4-11(5-9-16)13-6-7-14-12(18)15(2)3/h11,13H,4-9H2,1-3H3,(H,14,18). The van der Waals surface area contributed by atoms with Gasteiger partial charge in [-0.2, -0.15) is 0 Å². The van der Waals surface area contributed by atoms with Crippen LogP contribution in [0.5, 0.6) is 0 Å². The molecule has 104 valence electrons. The quantitative estimate of drug-likeness (QED) is 0.688. The zero-order chi connectivity index (χ0) is 13.5.